The number of nitrogens with zero attached hydrogens (tertiary/aromatic N) is 3. The number of aliphatic hydroxyl groups is 2. The fourth-order valence-electron chi connectivity index (χ4n) is 2.21. The van der Waals surface area contributed by atoms with E-state index in [1.165, 1.54) is 45.4 Å². The van der Waals surface area contributed by atoms with Crippen molar-refractivity contribution in [3.05, 3.63) is 54.4 Å². The molecule has 0 spiro atoms. The summed E-state index contributed by atoms with van der Waals surface area (Å²) in [5, 5.41) is 25.1. The summed E-state index contributed by atoms with van der Waals surface area (Å²) in [7, 11) is 4.51. The van der Waals surface area contributed by atoms with Gasteiger partial charge in [0, 0.05) is 76.6 Å². The number of aliphatic imine (C=N–C) groups is 2. The van der Waals surface area contributed by atoms with Gasteiger partial charge in [-0.3, -0.25) is 14.8 Å². The minimum absolute atomic E-state index is 0. The third kappa shape index (κ3) is 52.8. The fourth-order valence-corrected chi connectivity index (χ4v) is 4.49. The number of pyridine rings is 1. The van der Waals surface area contributed by atoms with Crippen LogP contribution in [0.3, 0.4) is 0 Å². The summed E-state index contributed by atoms with van der Waals surface area (Å²) in [6.07, 6.45) is 7.65. The molecule has 0 aliphatic carbocycles. The molecule has 0 amide bonds. The van der Waals surface area contributed by atoms with Crippen molar-refractivity contribution in [2.45, 2.75) is 128 Å². The molecular weight excluding hydrogens is 754 g/mol. The second kappa shape index (κ2) is 45.6. The molecule has 10 nitrogen and oxygen atoms in total. The van der Waals surface area contributed by atoms with Crippen molar-refractivity contribution in [3.63, 3.8) is 0 Å². The van der Waals surface area contributed by atoms with Gasteiger partial charge >= 0.3 is 15.5 Å². The zero-order chi connectivity index (χ0) is 41.5. The Morgan fingerprint density at radius 1 is 0.904 bits per heavy atom. The van der Waals surface area contributed by atoms with Crippen LogP contribution in [0.4, 0.5) is 0 Å². The monoisotopic (exact) mass is 834 g/mol. The summed E-state index contributed by atoms with van der Waals surface area (Å²) >= 11 is 0. The largest absolute Gasteiger partial charge is 0.484 e. The predicted octanol–water partition coefficient (Wildman–Crippen LogP) is 6.34. The van der Waals surface area contributed by atoms with Gasteiger partial charge in [0.15, 0.2) is 6.29 Å². The molecular formula is C38H81CoN3O7Si3. The first-order chi connectivity index (χ1) is 23.7. The van der Waals surface area contributed by atoms with E-state index >= 15 is 0 Å². The number of carbonyl (C=O) groups is 1. The van der Waals surface area contributed by atoms with Gasteiger partial charge in [0.05, 0.1) is 28.2 Å². The topological polar surface area (TPSA) is 143 Å². The van der Waals surface area contributed by atoms with Gasteiger partial charge < -0.3 is 28.6 Å². The standard InChI is InChI=1S/C11H15N3.C6H16O3Si.C5H12O2.C5H10O2.C4H12Si.C4H10Si.C3H6.Co/c1-8(12-3)10-6-5-7-11(14-10)9(2)13-4;1-4-7-10(8-5-2)9-6-3;2*1-5(2,3)4(6)7;2*1-2-3-4-5;1-3-2;/h5-7H,1-4H3;10H,4-6H2,1-3H3;4,6-7H,1-3H3;1-3H3,(H,6,7);2-4H2,1,5H3;2-3H,4H2,1,5H3;3H,1H2,2H3;. The van der Waals surface area contributed by atoms with Crippen molar-refractivity contribution in [2.75, 3.05) is 33.9 Å². The SMILES string of the molecule is C=CC.CC(C)(C)C(=O)O.CC(C)(C)C(O)O.CC=CC[SiH3].CCCC[SiH3].CCO[SiH](OCC)OCC.CN=C(C)c1cccc(C(C)=NC)n1.[Co]. The normalized spacial score (nSPS) is 11.0. The van der Waals surface area contributed by atoms with E-state index in [1.54, 1.807) is 61.7 Å². The summed E-state index contributed by atoms with van der Waals surface area (Å²) in [6, 6.07) is 8.66. The van der Waals surface area contributed by atoms with E-state index in [-0.39, 0.29) is 22.2 Å². The third-order valence-electron chi connectivity index (χ3n) is 5.66. The van der Waals surface area contributed by atoms with Crippen LogP contribution >= 0.6 is 0 Å². The molecule has 1 aromatic heterocycles. The summed E-state index contributed by atoms with van der Waals surface area (Å²) in [5.41, 5.74) is 2.73. The number of allylic oxidation sites excluding steroid dienone is 3. The molecule has 311 valence electrons. The first-order valence-corrected chi connectivity index (χ1v) is 22.4. The third-order valence-corrected chi connectivity index (χ3v) is 8.66. The van der Waals surface area contributed by atoms with Crippen molar-refractivity contribution >= 4 is 47.4 Å². The molecule has 0 fully saturated rings. The number of aromatic nitrogens is 1. The Hall–Kier alpha value is -1.60. The van der Waals surface area contributed by atoms with E-state index in [9.17, 15) is 4.79 Å². The maximum atomic E-state index is 10.0. The van der Waals surface area contributed by atoms with Gasteiger partial charge in [-0.15, -0.1) is 6.58 Å². The zero-order valence-corrected chi connectivity index (χ0v) is 42.6. The quantitative estimate of drug-likeness (QED) is 0.102. The molecule has 0 saturated heterocycles. The van der Waals surface area contributed by atoms with Crippen molar-refractivity contribution in [3.8, 4) is 0 Å². The maximum Gasteiger partial charge on any atom is 0.484 e. The average molecular weight is 835 g/mol. The molecule has 0 saturated carbocycles. The van der Waals surface area contributed by atoms with Crippen LogP contribution in [0, 0.1) is 10.8 Å². The molecule has 52 heavy (non-hydrogen) atoms. The van der Waals surface area contributed by atoms with Crippen LogP contribution in [0.25, 0.3) is 0 Å². The van der Waals surface area contributed by atoms with Gasteiger partial charge in [0.2, 0.25) is 0 Å². The van der Waals surface area contributed by atoms with Crippen LogP contribution in [0.1, 0.15) is 121 Å². The van der Waals surface area contributed by atoms with Crippen LogP contribution in [0.5, 0.6) is 0 Å². The van der Waals surface area contributed by atoms with Crippen LogP contribution in [0.15, 0.2) is 53.0 Å². The Morgan fingerprint density at radius 2 is 1.23 bits per heavy atom. The number of unbranched alkanes of at least 4 members (excludes halogenated alkanes) is 1. The zero-order valence-electron chi connectivity index (χ0n) is 36.4. The molecule has 1 aromatic rings. The minimum atomic E-state index is -1.73. The smallest absolute Gasteiger partial charge is 0.481 e. The molecule has 0 unspecified atom stereocenters. The molecule has 3 N–H and O–H groups in total. The van der Waals surface area contributed by atoms with E-state index < -0.39 is 27.2 Å². The number of carboxylic acid groups (broad SMARTS) is 1. The van der Waals surface area contributed by atoms with Gasteiger partial charge in [0.1, 0.15) is 0 Å². The van der Waals surface area contributed by atoms with Crippen molar-refractivity contribution in [1.82, 2.24) is 4.98 Å². The first-order valence-electron chi connectivity index (χ1n) is 18.1. The number of hydrogen-bond acceptors (Lipinski definition) is 9. The van der Waals surface area contributed by atoms with Gasteiger partial charge in [-0.2, -0.15) is 0 Å². The summed E-state index contributed by atoms with van der Waals surface area (Å²) in [5.74, 6) is -0.757. The Labute approximate surface area is 338 Å². The Kier molecular flexibility index (Phi) is 57.2. The van der Waals surface area contributed by atoms with Crippen LogP contribution in [-0.2, 0) is 34.9 Å². The van der Waals surface area contributed by atoms with Gasteiger partial charge in [-0.05, 0) is 87.4 Å². The van der Waals surface area contributed by atoms with E-state index in [2.05, 4.69) is 47.5 Å². The number of hydrogen-bond donors (Lipinski definition) is 3. The molecule has 0 aliphatic rings. The van der Waals surface area contributed by atoms with E-state index in [4.69, 9.17) is 28.6 Å². The fraction of sp³-hybridized carbons (Fsp3) is 0.684. The molecule has 14 heteroatoms. The Morgan fingerprint density at radius 3 is 1.37 bits per heavy atom. The van der Waals surface area contributed by atoms with Gasteiger partial charge in [-0.1, -0.05) is 70.9 Å². The molecule has 0 aromatic carbocycles. The first kappa shape index (κ1) is 65.3. The Bertz CT molecular complexity index is 967. The number of rotatable bonds is 11. The molecule has 0 aliphatic heterocycles. The van der Waals surface area contributed by atoms with Crippen LogP contribution in [-0.4, -0.2) is 108 Å². The van der Waals surface area contributed by atoms with Crippen molar-refractivity contribution < 1.29 is 50.2 Å². The summed E-state index contributed by atoms with van der Waals surface area (Å²) < 4.78 is 15.7. The number of aliphatic hydroxyl groups excluding tert-OH is 1. The summed E-state index contributed by atoms with van der Waals surface area (Å²) in [6.45, 7) is 31.6. The van der Waals surface area contributed by atoms with E-state index in [0.29, 0.717) is 19.8 Å². The molecule has 1 rings (SSSR count). The molecule has 1 radical (unpaired) electrons. The van der Waals surface area contributed by atoms with Crippen molar-refractivity contribution in [1.29, 1.82) is 0 Å². The van der Waals surface area contributed by atoms with E-state index in [1.807, 2.05) is 59.7 Å². The Balaban J connectivity index is -0.0000000954. The molecule has 0 bridgehead atoms. The number of aliphatic carboxylic acids is 1. The van der Waals surface area contributed by atoms with Crippen LogP contribution in [0.2, 0.25) is 12.1 Å². The molecule has 1 heterocycles. The number of carboxylic acids is 1. The second-order valence-corrected chi connectivity index (χ2v) is 16.1. The second-order valence-electron chi connectivity index (χ2n) is 12.7. The van der Waals surface area contributed by atoms with Crippen LogP contribution < -0.4 is 0 Å². The predicted molar refractivity (Wildman–Crippen MR) is 232 cm³/mol. The minimum Gasteiger partial charge on any atom is -0.481 e. The van der Waals surface area contributed by atoms with Gasteiger partial charge in [-0.25, -0.2) is 4.98 Å². The van der Waals surface area contributed by atoms with Crippen molar-refractivity contribution in [2.24, 2.45) is 20.8 Å². The average Bonchev–Trinajstić information content (AvgIpc) is 3.06. The molecule has 0 atom stereocenters. The van der Waals surface area contributed by atoms with E-state index in [0.717, 1.165) is 22.8 Å². The summed E-state index contributed by atoms with van der Waals surface area (Å²) in [4.78, 5) is 22.7. The maximum absolute atomic E-state index is 10.0. The van der Waals surface area contributed by atoms with Gasteiger partial charge in [0.25, 0.3) is 0 Å².